The van der Waals surface area contributed by atoms with Crippen molar-refractivity contribution < 1.29 is 5.11 Å². The fourth-order valence-electron chi connectivity index (χ4n) is 4.01. The van der Waals surface area contributed by atoms with Crippen LogP contribution in [0, 0.1) is 11.8 Å². The number of aliphatic hydroxyl groups excluding tert-OH is 1. The summed E-state index contributed by atoms with van der Waals surface area (Å²) in [5.74, 6) is 1.75. The monoisotopic (exact) mass is 253 g/mol. The summed E-state index contributed by atoms with van der Waals surface area (Å²) in [6.45, 7) is 6.04. The first kappa shape index (κ1) is 14.3. The first-order valence-electron chi connectivity index (χ1n) is 8.09. The molecular weight excluding hydrogens is 222 g/mol. The van der Waals surface area contributed by atoms with Crippen LogP contribution in [0.3, 0.4) is 0 Å². The zero-order valence-electron chi connectivity index (χ0n) is 12.3. The van der Waals surface area contributed by atoms with E-state index in [1.165, 1.54) is 51.4 Å². The van der Waals surface area contributed by atoms with Gasteiger partial charge in [-0.1, -0.05) is 33.1 Å². The molecule has 2 nitrogen and oxygen atoms in total. The molecule has 3 unspecified atom stereocenters. The maximum atomic E-state index is 9.37. The summed E-state index contributed by atoms with van der Waals surface area (Å²) in [5, 5.41) is 9.37. The fraction of sp³-hybridized carbons (Fsp3) is 1.00. The minimum atomic E-state index is 0.330. The zero-order chi connectivity index (χ0) is 13.0. The third kappa shape index (κ3) is 3.48. The van der Waals surface area contributed by atoms with E-state index in [4.69, 9.17) is 0 Å². The quantitative estimate of drug-likeness (QED) is 0.829. The molecule has 0 aliphatic heterocycles. The maximum Gasteiger partial charge on any atom is 0.0558 e. The SMILES string of the molecule is CC1CCC(N(CCO)C2CCCCC2)CC1C. The van der Waals surface area contributed by atoms with Crippen LogP contribution >= 0.6 is 0 Å². The minimum absolute atomic E-state index is 0.330. The van der Waals surface area contributed by atoms with Crippen LogP contribution in [0.25, 0.3) is 0 Å². The standard InChI is InChI=1S/C16H31NO/c1-13-8-9-16(12-14(13)2)17(10-11-18)15-6-4-3-5-7-15/h13-16,18H,3-12H2,1-2H3. The van der Waals surface area contributed by atoms with Crippen LogP contribution < -0.4 is 0 Å². The van der Waals surface area contributed by atoms with E-state index in [1.54, 1.807) is 0 Å². The topological polar surface area (TPSA) is 23.5 Å². The van der Waals surface area contributed by atoms with Crippen LogP contribution in [0.5, 0.6) is 0 Å². The van der Waals surface area contributed by atoms with Crippen molar-refractivity contribution in [3.8, 4) is 0 Å². The average Bonchev–Trinajstić information content (AvgIpc) is 2.40. The van der Waals surface area contributed by atoms with Gasteiger partial charge in [0.25, 0.3) is 0 Å². The lowest BCUT2D eigenvalue weighted by Gasteiger charge is -2.44. The molecule has 106 valence electrons. The van der Waals surface area contributed by atoms with E-state index in [1.807, 2.05) is 0 Å². The van der Waals surface area contributed by atoms with E-state index < -0.39 is 0 Å². The Morgan fingerprint density at radius 2 is 1.61 bits per heavy atom. The molecule has 2 rings (SSSR count). The molecule has 2 aliphatic carbocycles. The molecular formula is C16H31NO. The molecule has 0 spiro atoms. The molecule has 3 atom stereocenters. The van der Waals surface area contributed by atoms with Gasteiger partial charge < -0.3 is 5.11 Å². The van der Waals surface area contributed by atoms with Crippen molar-refractivity contribution in [2.45, 2.75) is 77.3 Å². The normalized spacial score (nSPS) is 35.0. The summed E-state index contributed by atoms with van der Waals surface area (Å²) in [4.78, 5) is 2.67. The van der Waals surface area contributed by atoms with Crippen LogP contribution in [-0.2, 0) is 0 Å². The van der Waals surface area contributed by atoms with Crippen molar-refractivity contribution in [3.05, 3.63) is 0 Å². The second-order valence-electron chi connectivity index (χ2n) is 6.67. The molecule has 0 aromatic rings. The number of aliphatic hydroxyl groups is 1. The predicted molar refractivity (Wildman–Crippen MR) is 76.6 cm³/mol. The van der Waals surface area contributed by atoms with E-state index in [2.05, 4.69) is 18.7 Å². The van der Waals surface area contributed by atoms with Gasteiger partial charge in [0, 0.05) is 18.6 Å². The summed E-state index contributed by atoms with van der Waals surface area (Å²) in [6, 6.07) is 1.50. The Morgan fingerprint density at radius 1 is 0.889 bits per heavy atom. The van der Waals surface area contributed by atoms with Crippen molar-refractivity contribution in [1.82, 2.24) is 4.90 Å². The van der Waals surface area contributed by atoms with E-state index in [0.29, 0.717) is 6.61 Å². The fourth-order valence-corrected chi connectivity index (χ4v) is 4.01. The zero-order valence-corrected chi connectivity index (χ0v) is 12.3. The number of nitrogens with zero attached hydrogens (tertiary/aromatic N) is 1. The van der Waals surface area contributed by atoms with Gasteiger partial charge in [-0.2, -0.15) is 0 Å². The summed E-state index contributed by atoms with van der Waals surface area (Å²) in [5.41, 5.74) is 0. The third-order valence-electron chi connectivity index (χ3n) is 5.44. The number of rotatable bonds is 4. The highest BCUT2D eigenvalue weighted by molar-refractivity contribution is 4.86. The molecule has 0 heterocycles. The highest BCUT2D eigenvalue weighted by Crippen LogP contribution is 2.35. The van der Waals surface area contributed by atoms with Crippen molar-refractivity contribution >= 4 is 0 Å². The molecule has 2 saturated carbocycles. The van der Waals surface area contributed by atoms with Crippen molar-refractivity contribution in [3.63, 3.8) is 0 Å². The van der Waals surface area contributed by atoms with Gasteiger partial charge >= 0.3 is 0 Å². The Morgan fingerprint density at radius 3 is 2.22 bits per heavy atom. The van der Waals surface area contributed by atoms with Gasteiger partial charge in [-0.15, -0.1) is 0 Å². The molecule has 0 saturated heterocycles. The molecule has 0 bridgehead atoms. The van der Waals surface area contributed by atoms with Gasteiger partial charge in [0.05, 0.1) is 6.61 Å². The van der Waals surface area contributed by atoms with Gasteiger partial charge in [0.15, 0.2) is 0 Å². The lowest BCUT2D eigenvalue weighted by molar-refractivity contribution is 0.0405. The summed E-state index contributed by atoms with van der Waals surface area (Å²) in [6.07, 6.45) is 11.0. The number of hydrogen-bond acceptors (Lipinski definition) is 2. The van der Waals surface area contributed by atoms with Gasteiger partial charge in [0.1, 0.15) is 0 Å². The van der Waals surface area contributed by atoms with Crippen LogP contribution in [0.4, 0.5) is 0 Å². The summed E-state index contributed by atoms with van der Waals surface area (Å²) < 4.78 is 0. The van der Waals surface area contributed by atoms with Crippen molar-refractivity contribution in [1.29, 1.82) is 0 Å². The molecule has 2 fully saturated rings. The van der Waals surface area contributed by atoms with Gasteiger partial charge in [0.2, 0.25) is 0 Å². The van der Waals surface area contributed by atoms with Gasteiger partial charge in [-0.05, 0) is 43.9 Å². The van der Waals surface area contributed by atoms with E-state index in [9.17, 15) is 5.11 Å². The molecule has 0 amide bonds. The molecule has 0 radical (unpaired) electrons. The second-order valence-corrected chi connectivity index (χ2v) is 6.67. The summed E-state index contributed by atoms with van der Waals surface area (Å²) in [7, 11) is 0. The van der Waals surface area contributed by atoms with Crippen molar-refractivity contribution in [2.24, 2.45) is 11.8 Å². The first-order chi connectivity index (χ1) is 8.72. The van der Waals surface area contributed by atoms with E-state index >= 15 is 0 Å². The van der Waals surface area contributed by atoms with Gasteiger partial charge in [-0.25, -0.2) is 0 Å². The highest BCUT2D eigenvalue weighted by atomic mass is 16.3. The molecule has 1 N–H and O–H groups in total. The lowest BCUT2D eigenvalue weighted by atomic mass is 9.77. The van der Waals surface area contributed by atoms with Crippen LogP contribution in [0.1, 0.15) is 65.2 Å². The summed E-state index contributed by atoms with van der Waals surface area (Å²) >= 11 is 0. The molecule has 0 aromatic carbocycles. The predicted octanol–water partition coefficient (Wildman–Crippen LogP) is 3.44. The molecule has 18 heavy (non-hydrogen) atoms. The Kier molecular flexibility index (Phi) is 5.50. The van der Waals surface area contributed by atoms with Crippen LogP contribution in [0.2, 0.25) is 0 Å². The highest BCUT2D eigenvalue weighted by Gasteiger charge is 2.32. The second kappa shape index (κ2) is 6.91. The molecule has 2 heteroatoms. The third-order valence-corrected chi connectivity index (χ3v) is 5.44. The van der Waals surface area contributed by atoms with Gasteiger partial charge in [-0.3, -0.25) is 4.90 Å². The minimum Gasteiger partial charge on any atom is -0.395 e. The largest absolute Gasteiger partial charge is 0.395 e. The molecule has 0 aromatic heterocycles. The number of hydrogen-bond donors (Lipinski definition) is 1. The Balaban J connectivity index is 1.95. The van der Waals surface area contributed by atoms with Crippen LogP contribution in [0.15, 0.2) is 0 Å². The Labute approximate surface area is 113 Å². The average molecular weight is 253 g/mol. The Bertz CT molecular complexity index is 237. The Hall–Kier alpha value is -0.0800. The van der Waals surface area contributed by atoms with E-state index in [-0.39, 0.29) is 0 Å². The van der Waals surface area contributed by atoms with E-state index in [0.717, 1.165) is 30.5 Å². The first-order valence-corrected chi connectivity index (χ1v) is 8.09. The lowest BCUT2D eigenvalue weighted by Crippen LogP contribution is -2.48. The van der Waals surface area contributed by atoms with Crippen molar-refractivity contribution in [2.75, 3.05) is 13.2 Å². The smallest absolute Gasteiger partial charge is 0.0558 e. The maximum absolute atomic E-state index is 9.37. The molecule has 2 aliphatic rings. The van der Waals surface area contributed by atoms with Crippen LogP contribution in [-0.4, -0.2) is 35.2 Å².